The van der Waals surface area contributed by atoms with Gasteiger partial charge in [-0.1, -0.05) is 71.2 Å². The first kappa shape index (κ1) is 15.9. The lowest BCUT2D eigenvalue weighted by Crippen LogP contribution is -2.09. The molecule has 0 N–H and O–H groups in total. The van der Waals surface area contributed by atoms with Crippen molar-refractivity contribution in [3.8, 4) is 0 Å². The Morgan fingerprint density at radius 2 is 0.733 bits per heavy atom. The Morgan fingerprint density at radius 1 is 0.533 bits per heavy atom. The summed E-state index contributed by atoms with van der Waals surface area (Å²) in [5, 5.41) is 0. The first-order valence-electron chi connectivity index (χ1n) is 6.10. The Hall–Kier alpha value is 0.860. The molecule has 0 saturated heterocycles. The monoisotopic (exact) mass is 246 g/mol. The van der Waals surface area contributed by atoms with Gasteiger partial charge >= 0.3 is 0 Å². The van der Waals surface area contributed by atoms with Crippen LogP contribution < -0.4 is 0 Å². The van der Waals surface area contributed by atoms with Crippen molar-refractivity contribution in [3.05, 3.63) is 5.90 Å². The first-order valence-corrected chi connectivity index (χ1v) is 9.06. The highest BCUT2D eigenvalue weighted by molar-refractivity contribution is 7.79. The molecule has 2 radical (unpaired) electrons. The molecule has 0 nitrogen and oxygen atoms in total. The molecule has 0 unspecified atom stereocenters. The van der Waals surface area contributed by atoms with E-state index >= 15 is 0 Å². The Bertz CT molecular complexity index is 128. The fourth-order valence-corrected chi connectivity index (χ4v) is 8.93. The van der Waals surface area contributed by atoms with E-state index in [1.807, 2.05) is 0 Å². The minimum atomic E-state index is -0.00412. The maximum Gasteiger partial charge on any atom is 0.0408 e. The van der Waals surface area contributed by atoms with E-state index in [0.29, 0.717) is 0 Å². The van der Waals surface area contributed by atoms with Crippen molar-refractivity contribution in [2.24, 2.45) is 0 Å². The molecule has 2 heteroatoms. The van der Waals surface area contributed by atoms with Gasteiger partial charge in [-0.2, -0.15) is 0 Å². The van der Waals surface area contributed by atoms with Gasteiger partial charge in [0.1, 0.15) is 0 Å². The summed E-state index contributed by atoms with van der Waals surface area (Å²) in [5.74, 6) is 3.98. The number of rotatable bonds is 6. The normalized spacial score (nSPS) is 13.2. The summed E-state index contributed by atoms with van der Waals surface area (Å²) in [6.45, 7) is 18.8. The topological polar surface area (TPSA) is 0 Å². The van der Waals surface area contributed by atoms with Crippen LogP contribution in [0.4, 0.5) is 0 Å². The van der Waals surface area contributed by atoms with E-state index < -0.39 is 0 Å². The molecule has 90 valence electrons. The quantitative estimate of drug-likeness (QED) is 0.537. The third-order valence-electron chi connectivity index (χ3n) is 2.46. The van der Waals surface area contributed by atoms with Crippen molar-refractivity contribution in [1.29, 1.82) is 0 Å². The van der Waals surface area contributed by atoms with E-state index in [4.69, 9.17) is 0 Å². The molecule has 0 spiro atoms. The molecule has 0 atom stereocenters. The second kappa shape index (κ2) is 7.24. The third kappa shape index (κ3) is 5.65. The Balaban J connectivity index is 4.48. The summed E-state index contributed by atoms with van der Waals surface area (Å²) >= 11 is 0. The van der Waals surface area contributed by atoms with Gasteiger partial charge in [0.25, 0.3) is 0 Å². The first-order chi connectivity index (χ1) is 6.77. The molecule has 15 heavy (non-hydrogen) atoms. The van der Waals surface area contributed by atoms with Crippen molar-refractivity contribution in [2.75, 3.05) is 0 Å². The van der Waals surface area contributed by atoms with Crippen molar-refractivity contribution in [1.82, 2.24) is 0 Å². The van der Waals surface area contributed by atoms with E-state index in [-0.39, 0.29) is 15.8 Å². The van der Waals surface area contributed by atoms with Gasteiger partial charge in [-0.3, -0.25) is 0 Å². The molecular weight excluding hydrogens is 218 g/mol. The molecular formula is C13H28P2. The van der Waals surface area contributed by atoms with E-state index in [1.54, 1.807) is 0 Å². The standard InChI is InChI=1S/C13H28P2/c1-10(2)14(11(3)4)9-15(12(5)6)13(7)8/h10-13H,1-8H3. The molecule has 0 aromatic carbocycles. The van der Waals surface area contributed by atoms with E-state index in [0.717, 1.165) is 22.6 Å². The van der Waals surface area contributed by atoms with Gasteiger partial charge in [-0.25, -0.2) is 0 Å². The largest absolute Gasteiger partial charge is 0.0878 e. The second-order valence-corrected chi connectivity index (χ2v) is 11.8. The Labute approximate surface area is 100 Å². The van der Waals surface area contributed by atoms with Gasteiger partial charge < -0.3 is 0 Å². The van der Waals surface area contributed by atoms with Crippen molar-refractivity contribution < 1.29 is 0 Å². The lowest BCUT2D eigenvalue weighted by molar-refractivity contribution is 1.00. The molecule has 0 aliphatic carbocycles. The predicted molar refractivity (Wildman–Crippen MR) is 77.6 cm³/mol. The molecule has 0 fully saturated rings. The zero-order valence-electron chi connectivity index (χ0n) is 11.7. The summed E-state index contributed by atoms with van der Waals surface area (Å²) in [4.78, 5) is 0. The van der Waals surface area contributed by atoms with Gasteiger partial charge in [0.2, 0.25) is 0 Å². The van der Waals surface area contributed by atoms with Crippen LogP contribution in [-0.4, -0.2) is 22.6 Å². The number of hydrogen-bond acceptors (Lipinski definition) is 0. The van der Waals surface area contributed by atoms with Crippen LogP contribution in [0.25, 0.3) is 0 Å². The van der Waals surface area contributed by atoms with Crippen LogP contribution in [0.5, 0.6) is 0 Å². The van der Waals surface area contributed by atoms with Crippen molar-refractivity contribution in [2.45, 2.75) is 78.0 Å². The second-order valence-electron chi connectivity index (χ2n) is 5.29. The maximum absolute atomic E-state index is 3.98. The summed E-state index contributed by atoms with van der Waals surface area (Å²) in [6, 6.07) is 0. The zero-order valence-corrected chi connectivity index (χ0v) is 13.5. The lowest BCUT2D eigenvalue weighted by atomic mass is 10.5. The van der Waals surface area contributed by atoms with Crippen molar-refractivity contribution >= 4 is 15.8 Å². The molecule has 0 heterocycles. The van der Waals surface area contributed by atoms with Crippen LogP contribution in [0.3, 0.4) is 0 Å². The van der Waals surface area contributed by atoms with Crippen LogP contribution in [0, 0.1) is 5.90 Å². The lowest BCUT2D eigenvalue weighted by Gasteiger charge is -2.33. The Kier molecular flexibility index (Phi) is 7.65. The van der Waals surface area contributed by atoms with E-state index in [9.17, 15) is 0 Å². The average Bonchev–Trinajstić information content (AvgIpc) is 2.01. The average molecular weight is 246 g/mol. The minimum Gasteiger partial charge on any atom is -0.0878 e. The zero-order chi connectivity index (χ0) is 12.2. The fraction of sp³-hybridized carbons (Fsp3) is 0.923. The smallest absolute Gasteiger partial charge is 0.0408 e. The van der Waals surface area contributed by atoms with E-state index in [1.165, 1.54) is 0 Å². The van der Waals surface area contributed by atoms with Crippen molar-refractivity contribution in [3.63, 3.8) is 0 Å². The summed E-state index contributed by atoms with van der Waals surface area (Å²) in [6.07, 6.45) is 0. The van der Waals surface area contributed by atoms with Crippen LogP contribution in [-0.2, 0) is 0 Å². The van der Waals surface area contributed by atoms with Crippen LogP contribution >= 0.6 is 15.8 Å². The SMILES string of the molecule is CC(C)P([C]P(C(C)C)C(C)C)C(C)C. The number of hydrogen-bond donors (Lipinski definition) is 0. The summed E-state index contributed by atoms with van der Waals surface area (Å²) < 4.78 is 0. The summed E-state index contributed by atoms with van der Waals surface area (Å²) in [5.41, 5.74) is 3.18. The highest BCUT2D eigenvalue weighted by Crippen LogP contribution is 2.64. The van der Waals surface area contributed by atoms with Crippen LogP contribution in [0.2, 0.25) is 0 Å². The van der Waals surface area contributed by atoms with Crippen LogP contribution in [0.1, 0.15) is 55.4 Å². The summed E-state index contributed by atoms with van der Waals surface area (Å²) in [7, 11) is -0.00823. The predicted octanol–water partition coefficient (Wildman–Crippen LogP) is 5.58. The third-order valence-corrected chi connectivity index (χ3v) is 8.75. The Morgan fingerprint density at radius 3 is 0.867 bits per heavy atom. The molecule has 0 aliphatic rings. The van der Waals surface area contributed by atoms with Gasteiger partial charge in [0.15, 0.2) is 0 Å². The fourth-order valence-electron chi connectivity index (χ4n) is 1.79. The molecule has 0 aromatic heterocycles. The highest BCUT2D eigenvalue weighted by atomic mass is 31.2. The van der Waals surface area contributed by atoms with Gasteiger partial charge in [0, 0.05) is 5.90 Å². The maximum atomic E-state index is 3.98. The molecule has 0 bridgehead atoms. The molecule has 0 rings (SSSR count). The van der Waals surface area contributed by atoms with Crippen LogP contribution in [0.15, 0.2) is 0 Å². The molecule has 0 amide bonds. The van der Waals surface area contributed by atoms with Gasteiger partial charge in [-0.15, -0.1) is 0 Å². The molecule has 0 aromatic rings. The van der Waals surface area contributed by atoms with Gasteiger partial charge in [-0.05, 0) is 22.6 Å². The molecule has 0 saturated carbocycles. The van der Waals surface area contributed by atoms with E-state index in [2.05, 4.69) is 61.3 Å². The molecule has 0 aliphatic heterocycles. The van der Waals surface area contributed by atoms with Gasteiger partial charge in [0.05, 0.1) is 0 Å². The minimum absolute atomic E-state index is 0.00412. The highest BCUT2D eigenvalue weighted by Gasteiger charge is 2.25.